The predicted octanol–water partition coefficient (Wildman–Crippen LogP) is 0.977. The van der Waals surface area contributed by atoms with Crippen molar-refractivity contribution in [3.63, 3.8) is 0 Å². The van der Waals surface area contributed by atoms with E-state index in [0.29, 0.717) is 13.0 Å². The van der Waals surface area contributed by atoms with Gasteiger partial charge < -0.3 is 15.4 Å². The molecule has 5 heteroatoms. The van der Waals surface area contributed by atoms with E-state index in [9.17, 15) is 9.59 Å². The molecular formula is C15H20N2O3. The summed E-state index contributed by atoms with van der Waals surface area (Å²) in [6.45, 7) is 4.24. The molecule has 2 rings (SSSR count). The van der Waals surface area contributed by atoms with Gasteiger partial charge in [-0.1, -0.05) is 12.1 Å². The van der Waals surface area contributed by atoms with Crippen LogP contribution in [0.25, 0.3) is 0 Å². The SMILES string of the molecule is COc1ccc(C(C)(C)C(=O)NC2CNC(=O)C2)cc1. The first-order valence-corrected chi connectivity index (χ1v) is 6.65. The van der Waals surface area contributed by atoms with Crippen molar-refractivity contribution in [3.8, 4) is 5.75 Å². The Balaban J connectivity index is 2.07. The summed E-state index contributed by atoms with van der Waals surface area (Å²) in [6.07, 6.45) is 0.352. The highest BCUT2D eigenvalue weighted by Crippen LogP contribution is 2.25. The molecular weight excluding hydrogens is 256 g/mol. The van der Waals surface area contributed by atoms with E-state index in [1.807, 2.05) is 38.1 Å². The van der Waals surface area contributed by atoms with Crippen molar-refractivity contribution in [2.45, 2.75) is 31.7 Å². The van der Waals surface area contributed by atoms with Gasteiger partial charge in [-0.05, 0) is 31.5 Å². The van der Waals surface area contributed by atoms with Gasteiger partial charge in [0.05, 0.1) is 18.6 Å². The van der Waals surface area contributed by atoms with E-state index < -0.39 is 5.41 Å². The standard InChI is InChI=1S/C15H20N2O3/c1-15(2,10-4-6-12(20-3)7-5-10)14(19)17-11-8-13(18)16-9-11/h4-7,11H,8-9H2,1-3H3,(H,16,18)(H,17,19). The fraction of sp³-hybridized carbons (Fsp3) is 0.467. The Kier molecular flexibility index (Phi) is 3.97. The summed E-state index contributed by atoms with van der Waals surface area (Å²) in [6, 6.07) is 7.33. The number of amides is 2. The van der Waals surface area contributed by atoms with Crippen molar-refractivity contribution in [1.82, 2.24) is 10.6 Å². The molecule has 108 valence electrons. The van der Waals surface area contributed by atoms with Gasteiger partial charge in [0, 0.05) is 13.0 Å². The molecule has 0 spiro atoms. The predicted molar refractivity (Wildman–Crippen MR) is 75.6 cm³/mol. The highest BCUT2D eigenvalue weighted by atomic mass is 16.5. The van der Waals surface area contributed by atoms with E-state index in [1.165, 1.54) is 0 Å². The molecule has 0 radical (unpaired) electrons. The van der Waals surface area contributed by atoms with Crippen molar-refractivity contribution in [1.29, 1.82) is 0 Å². The third kappa shape index (κ3) is 2.92. The summed E-state index contributed by atoms with van der Waals surface area (Å²) in [5, 5.41) is 5.63. The number of carbonyl (C=O) groups is 2. The first-order valence-electron chi connectivity index (χ1n) is 6.65. The largest absolute Gasteiger partial charge is 0.497 e. The first kappa shape index (κ1) is 14.4. The molecule has 1 aliphatic heterocycles. The molecule has 1 aromatic rings. The van der Waals surface area contributed by atoms with Gasteiger partial charge in [0.15, 0.2) is 0 Å². The Morgan fingerprint density at radius 2 is 2.00 bits per heavy atom. The van der Waals surface area contributed by atoms with Crippen LogP contribution in [0.4, 0.5) is 0 Å². The zero-order valence-electron chi connectivity index (χ0n) is 12.0. The lowest BCUT2D eigenvalue weighted by Crippen LogP contribution is -2.45. The van der Waals surface area contributed by atoms with Gasteiger partial charge >= 0.3 is 0 Å². The lowest BCUT2D eigenvalue weighted by Gasteiger charge is -2.26. The lowest BCUT2D eigenvalue weighted by molar-refractivity contribution is -0.126. The quantitative estimate of drug-likeness (QED) is 0.861. The summed E-state index contributed by atoms with van der Waals surface area (Å²) in [7, 11) is 1.61. The maximum atomic E-state index is 12.4. The number of hydrogen-bond donors (Lipinski definition) is 2. The van der Waals surface area contributed by atoms with Crippen LogP contribution < -0.4 is 15.4 Å². The summed E-state index contributed by atoms with van der Waals surface area (Å²) in [4.78, 5) is 23.5. The van der Waals surface area contributed by atoms with Crippen LogP contribution in [-0.2, 0) is 15.0 Å². The summed E-state index contributed by atoms with van der Waals surface area (Å²) < 4.78 is 5.12. The molecule has 0 saturated carbocycles. The maximum Gasteiger partial charge on any atom is 0.230 e. The fourth-order valence-electron chi connectivity index (χ4n) is 2.21. The van der Waals surface area contributed by atoms with Gasteiger partial charge in [-0.3, -0.25) is 9.59 Å². The Hall–Kier alpha value is -2.04. The minimum atomic E-state index is -0.655. The number of carbonyl (C=O) groups excluding carboxylic acids is 2. The van der Waals surface area contributed by atoms with Gasteiger partial charge in [-0.25, -0.2) is 0 Å². The molecule has 1 heterocycles. The Morgan fingerprint density at radius 1 is 1.35 bits per heavy atom. The van der Waals surface area contributed by atoms with Crippen molar-refractivity contribution < 1.29 is 14.3 Å². The molecule has 1 unspecified atom stereocenters. The number of hydrogen-bond acceptors (Lipinski definition) is 3. The second-order valence-corrected chi connectivity index (χ2v) is 5.53. The van der Waals surface area contributed by atoms with Crippen LogP contribution >= 0.6 is 0 Å². The molecule has 2 N–H and O–H groups in total. The molecule has 1 aromatic carbocycles. The highest BCUT2D eigenvalue weighted by molar-refractivity contribution is 5.89. The molecule has 2 amide bonds. The average Bonchev–Trinajstić information content (AvgIpc) is 2.84. The van der Waals surface area contributed by atoms with Crippen molar-refractivity contribution in [2.75, 3.05) is 13.7 Å². The second kappa shape index (κ2) is 5.53. The summed E-state index contributed by atoms with van der Waals surface area (Å²) in [5.74, 6) is 0.664. The van der Waals surface area contributed by atoms with Crippen LogP contribution in [0.3, 0.4) is 0 Å². The minimum Gasteiger partial charge on any atom is -0.497 e. The van der Waals surface area contributed by atoms with E-state index in [0.717, 1.165) is 11.3 Å². The van der Waals surface area contributed by atoms with Gasteiger partial charge in [0.1, 0.15) is 5.75 Å². The monoisotopic (exact) mass is 276 g/mol. The molecule has 0 aliphatic carbocycles. The van der Waals surface area contributed by atoms with E-state index in [-0.39, 0.29) is 17.9 Å². The molecule has 5 nitrogen and oxygen atoms in total. The van der Waals surface area contributed by atoms with Crippen LogP contribution in [0, 0.1) is 0 Å². The molecule has 1 saturated heterocycles. The van der Waals surface area contributed by atoms with Crippen LogP contribution in [0.5, 0.6) is 5.75 Å². The molecule has 0 bridgehead atoms. The van der Waals surface area contributed by atoms with Gasteiger partial charge in [0.2, 0.25) is 11.8 Å². The number of benzene rings is 1. The molecule has 20 heavy (non-hydrogen) atoms. The second-order valence-electron chi connectivity index (χ2n) is 5.53. The maximum absolute atomic E-state index is 12.4. The third-order valence-corrected chi connectivity index (χ3v) is 3.69. The smallest absolute Gasteiger partial charge is 0.230 e. The normalized spacial score (nSPS) is 18.6. The third-order valence-electron chi connectivity index (χ3n) is 3.69. The first-order chi connectivity index (χ1) is 9.43. The summed E-state index contributed by atoms with van der Waals surface area (Å²) in [5.41, 5.74) is 0.255. The van der Waals surface area contributed by atoms with E-state index in [2.05, 4.69) is 10.6 Å². The van der Waals surface area contributed by atoms with Crippen LogP contribution in [0.1, 0.15) is 25.8 Å². The number of rotatable bonds is 4. The molecule has 0 aromatic heterocycles. The minimum absolute atomic E-state index is 0.0162. The van der Waals surface area contributed by atoms with E-state index >= 15 is 0 Å². The average molecular weight is 276 g/mol. The molecule has 1 aliphatic rings. The highest BCUT2D eigenvalue weighted by Gasteiger charge is 2.33. The zero-order valence-corrected chi connectivity index (χ0v) is 12.0. The van der Waals surface area contributed by atoms with E-state index in [1.54, 1.807) is 7.11 Å². The Morgan fingerprint density at radius 3 is 2.50 bits per heavy atom. The Bertz CT molecular complexity index is 508. The van der Waals surface area contributed by atoms with Gasteiger partial charge in [-0.15, -0.1) is 0 Å². The van der Waals surface area contributed by atoms with E-state index in [4.69, 9.17) is 4.74 Å². The van der Waals surface area contributed by atoms with Crippen molar-refractivity contribution in [2.24, 2.45) is 0 Å². The Labute approximate surface area is 118 Å². The topological polar surface area (TPSA) is 67.4 Å². The lowest BCUT2D eigenvalue weighted by atomic mass is 9.83. The molecule has 1 atom stereocenters. The van der Waals surface area contributed by atoms with Crippen LogP contribution in [0.2, 0.25) is 0 Å². The number of nitrogens with one attached hydrogen (secondary N) is 2. The number of ether oxygens (including phenoxy) is 1. The van der Waals surface area contributed by atoms with Crippen molar-refractivity contribution in [3.05, 3.63) is 29.8 Å². The van der Waals surface area contributed by atoms with Crippen LogP contribution in [0.15, 0.2) is 24.3 Å². The fourth-order valence-corrected chi connectivity index (χ4v) is 2.21. The summed E-state index contributed by atoms with van der Waals surface area (Å²) >= 11 is 0. The van der Waals surface area contributed by atoms with Gasteiger partial charge in [-0.2, -0.15) is 0 Å². The zero-order chi connectivity index (χ0) is 14.8. The van der Waals surface area contributed by atoms with Gasteiger partial charge in [0.25, 0.3) is 0 Å². The van der Waals surface area contributed by atoms with Crippen LogP contribution in [-0.4, -0.2) is 31.5 Å². The van der Waals surface area contributed by atoms with Crippen molar-refractivity contribution >= 4 is 11.8 Å². The number of methoxy groups -OCH3 is 1. The molecule has 1 fully saturated rings.